The van der Waals surface area contributed by atoms with E-state index in [0.29, 0.717) is 6.54 Å². The Labute approximate surface area is 121 Å². The first-order valence-corrected chi connectivity index (χ1v) is 7.54. The molecule has 4 heteroatoms. The second-order valence-electron chi connectivity index (χ2n) is 6.08. The second kappa shape index (κ2) is 5.35. The summed E-state index contributed by atoms with van der Waals surface area (Å²) in [6.45, 7) is 7.95. The highest BCUT2D eigenvalue weighted by molar-refractivity contribution is 5.46. The zero-order chi connectivity index (χ0) is 14.2. The van der Waals surface area contributed by atoms with Crippen LogP contribution in [0.3, 0.4) is 0 Å². The van der Waals surface area contributed by atoms with E-state index in [4.69, 9.17) is 10.5 Å². The van der Waals surface area contributed by atoms with E-state index in [1.54, 1.807) is 0 Å². The van der Waals surface area contributed by atoms with Crippen LogP contribution in [0.2, 0.25) is 0 Å². The largest absolute Gasteiger partial charge is 0.493 e. The van der Waals surface area contributed by atoms with Gasteiger partial charge in [0.2, 0.25) is 0 Å². The monoisotopic (exact) mass is 275 g/mol. The highest BCUT2D eigenvalue weighted by Gasteiger charge is 2.42. The highest BCUT2D eigenvalue weighted by Crippen LogP contribution is 2.42. The Morgan fingerprint density at radius 1 is 1.25 bits per heavy atom. The lowest BCUT2D eigenvalue weighted by Gasteiger charge is -2.49. The van der Waals surface area contributed by atoms with Gasteiger partial charge in [0.05, 0.1) is 12.1 Å². The van der Waals surface area contributed by atoms with Gasteiger partial charge in [-0.25, -0.2) is 0 Å². The molecule has 0 bridgehead atoms. The lowest BCUT2D eigenvalue weighted by molar-refractivity contribution is 0.0137. The molecule has 2 aliphatic rings. The third kappa shape index (κ3) is 2.12. The van der Waals surface area contributed by atoms with Crippen LogP contribution >= 0.6 is 0 Å². The summed E-state index contributed by atoms with van der Waals surface area (Å²) in [5.41, 5.74) is 8.72. The number of hydrogen-bond donors (Lipinski definition) is 1. The first kappa shape index (κ1) is 13.9. The Kier molecular flexibility index (Phi) is 3.71. The van der Waals surface area contributed by atoms with E-state index in [0.717, 1.165) is 45.0 Å². The van der Waals surface area contributed by atoms with Crippen molar-refractivity contribution in [2.75, 3.05) is 46.4 Å². The molecule has 20 heavy (non-hydrogen) atoms. The fourth-order valence-electron chi connectivity index (χ4n) is 3.57. The van der Waals surface area contributed by atoms with Gasteiger partial charge in [-0.3, -0.25) is 4.90 Å². The topological polar surface area (TPSA) is 41.7 Å². The molecular weight excluding hydrogens is 250 g/mol. The van der Waals surface area contributed by atoms with E-state index < -0.39 is 0 Å². The number of likely N-dealkylation sites (N-methyl/N-ethyl adjacent to an activating group) is 1. The Morgan fingerprint density at radius 2 is 2.00 bits per heavy atom. The van der Waals surface area contributed by atoms with Crippen LogP contribution in [-0.4, -0.2) is 56.2 Å². The summed E-state index contributed by atoms with van der Waals surface area (Å²) in [5, 5.41) is 0. The summed E-state index contributed by atoms with van der Waals surface area (Å²) in [7, 11) is 2.19. The predicted molar refractivity (Wildman–Crippen MR) is 81.1 cm³/mol. The maximum Gasteiger partial charge on any atom is 0.127 e. The maximum atomic E-state index is 6.26. The molecule has 1 unspecified atom stereocenters. The van der Waals surface area contributed by atoms with Crippen molar-refractivity contribution in [1.29, 1.82) is 0 Å². The van der Waals surface area contributed by atoms with Crippen molar-refractivity contribution < 1.29 is 4.74 Å². The molecule has 0 aromatic heterocycles. The van der Waals surface area contributed by atoms with Crippen molar-refractivity contribution >= 4 is 0 Å². The number of benzene rings is 1. The summed E-state index contributed by atoms with van der Waals surface area (Å²) in [6.07, 6.45) is 0.990. The smallest absolute Gasteiger partial charge is 0.127 e. The first-order chi connectivity index (χ1) is 9.67. The highest BCUT2D eigenvalue weighted by atomic mass is 16.5. The number of fused-ring (bicyclic) bond motifs is 1. The van der Waals surface area contributed by atoms with E-state index in [-0.39, 0.29) is 5.54 Å². The lowest BCUT2D eigenvalue weighted by atomic mass is 9.81. The van der Waals surface area contributed by atoms with Crippen LogP contribution < -0.4 is 10.5 Å². The minimum atomic E-state index is -0.0408. The molecule has 4 nitrogen and oxygen atoms in total. The SMILES string of the molecule is Cc1cccc2c1OCCC2(CN)N1CCN(C)CC1. The fraction of sp³-hybridized carbons (Fsp3) is 0.625. The Bertz CT molecular complexity index is 483. The van der Waals surface area contributed by atoms with E-state index in [2.05, 4.69) is 42.0 Å². The number of hydrogen-bond acceptors (Lipinski definition) is 4. The van der Waals surface area contributed by atoms with Crippen molar-refractivity contribution in [3.63, 3.8) is 0 Å². The Balaban J connectivity index is 2.00. The number of para-hydroxylation sites is 1. The van der Waals surface area contributed by atoms with Gasteiger partial charge in [-0.1, -0.05) is 18.2 Å². The molecule has 0 spiro atoms. The second-order valence-corrected chi connectivity index (χ2v) is 6.08. The standard InChI is InChI=1S/C16H25N3O/c1-13-4-3-5-14-15(13)20-11-6-16(14,12-17)19-9-7-18(2)8-10-19/h3-5H,6-12,17H2,1-2H3. The Hall–Kier alpha value is -1.10. The third-order valence-corrected chi connectivity index (χ3v) is 4.92. The van der Waals surface area contributed by atoms with Gasteiger partial charge in [0.15, 0.2) is 0 Å². The van der Waals surface area contributed by atoms with Crippen molar-refractivity contribution in [2.45, 2.75) is 18.9 Å². The van der Waals surface area contributed by atoms with Gasteiger partial charge in [0.25, 0.3) is 0 Å². The zero-order valence-corrected chi connectivity index (χ0v) is 12.6. The molecule has 1 fully saturated rings. The molecule has 1 aromatic rings. The molecule has 2 aliphatic heterocycles. The molecule has 1 atom stereocenters. The summed E-state index contributed by atoms with van der Waals surface area (Å²) >= 11 is 0. The molecule has 1 saturated heterocycles. The quantitative estimate of drug-likeness (QED) is 0.880. The fourth-order valence-corrected chi connectivity index (χ4v) is 3.57. The molecular formula is C16H25N3O. The molecule has 110 valence electrons. The van der Waals surface area contributed by atoms with Gasteiger partial charge in [-0.15, -0.1) is 0 Å². The zero-order valence-electron chi connectivity index (χ0n) is 12.6. The summed E-state index contributed by atoms with van der Waals surface area (Å²) in [6, 6.07) is 6.45. The van der Waals surface area contributed by atoms with Crippen LogP contribution in [0, 0.1) is 6.92 Å². The van der Waals surface area contributed by atoms with Crippen LogP contribution in [-0.2, 0) is 5.54 Å². The summed E-state index contributed by atoms with van der Waals surface area (Å²) in [5.74, 6) is 1.06. The van der Waals surface area contributed by atoms with Gasteiger partial charge in [0.1, 0.15) is 5.75 Å². The average Bonchev–Trinajstić information content (AvgIpc) is 2.48. The molecule has 1 aromatic carbocycles. The van der Waals surface area contributed by atoms with Crippen LogP contribution in [0.25, 0.3) is 0 Å². The van der Waals surface area contributed by atoms with E-state index >= 15 is 0 Å². The number of ether oxygens (including phenoxy) is 1. The number of nitrogens with zero attached hydrogens (tertiary/aromatic N) is 2. The van der Waals surface area contributed by atoms with Crippen molar-refractivity contribution in [3.05, 3.63) is 29.3 Å². The van der Waals surface area contributed by atoms with E-state index in [1.165, 1.54) is 11.1 Å². The van der Waals surface area contributed by atoms with Gasteiger partial charge in [0, 0.05) is 44.7 Å². The van der Waals surface area contributed by atoms with Gasteiger partial charge in [-0.05, 0) is 19.5 Å². The van der Waals surface area contributed by atoms with Crippen LogP contribution in [0.15, 0.2) is 18.2 Å². The Morgan fingerprint density at radius 3 is 2.70 bits per heavy atom. The van der Waals surface area contributed by atoms with Crippen molar-refractivity contribution in [3.8, 4) is 5.75 Å². The molecule has 0 radical (unpaired) electrons. The van der Waals surface area contributed by atoms with Crippen LogP contribution in [0.1, 0.15) is 17.5 Å². The van der Waals surface area contributed by atoms with E-state index in [1.807, 2.05) is 0 Å². The molecule has 2 heterocycles. The first-order valence-electron chi connectivity index (χ1n) is 7.54. The third-order valence-electron chi connectivity index (χ3n) is 4.92. The lowest BCUT2D eigenvalue weighted by Crippen LogP contribution is -2.59. The van der Waals surface area contributed by atoms with Gasteiger partial charge >= 0.3 is 0 Å². The normalized spacial score (nSPS) is 27.9. The summed E-state index contributed by atoms with van der Waals surface area (Å²) in [4.78, 5) is 4.96. The molecule has 3 rings (SSSR count). The number of piperazine rings is 1. The summed E-state index contributed by atoms with van der Waals surface area (Å²) < 4.78 is 5.93. The van der Waals surface area contributed by atoms with Crippen LogP contribution in [0.4, 0.5) is 0 Å². The number of rotatable bonds is 2. The minimum absolute atomic E-state index is 0.0408. The number of aryl methyl sites for hydroxylation is 1. The molecule has 0 aliphatic carbocycles. The molecule has 2 N–H and O–H groups in total. The van der Waals surface area contributed by atoms with Crippen LogP contribution in [0.5, 0.6) is 5.75 Å². The van der Waals surface area contributed by atoms with E-state index in [9.17, 15) is 0 Å². The number of nitrogens with two attached hydrogens (primary N) is 1. The molecule has 0 saturated carbocycles. The van der Waals surface area contributed by atoms with Gasteiger partial charge < -0.3 is 15.4 Å². The van der Waals surface area contributed by atoms with Crippen molar-refractivity contribution in [1.82, 2.24) is 9.80 Å². The predicted octanol–water partition coefficient (Wildman–Crippen LogP) is 1.18. The minimum Gasteiger partial charge on any atom is -0.493 e. The van der Waals surface area contributed by atoms with Crippen molar-refractivity contribution in [2.24, 2.45) is 5.73 Å². The van der Waals surface area contributed by atoms with Gasteiger partial charge in [-0.2, -0.15) is 0 Å². The maximum absolute atomic E-state index is 6.26. The average molecular weight is 275 g/mol. The molecule has 0 amide bonds.